The van der Waals surface area contributed by atoms with Crippen molar-refractivity contribution in [3.05, 3.63) is 65.6 Å². The molecule has 0 unspecified atom stereocenters. The lowest BCUT2D eigenvalue weighted by atomic mass is 9.91. The molecule has 1 N–H and O–H groups in total. The van der Waals surface area contributed by atoms with Gasteiger partial charge >= 0.3 is 0 Å². The van der Waals surface area contributed by atoms with Gasteiger partial charge in [-0.15, -0.1) is 0 Å². The molecule has 0 radical (unpaired) electrons. The number of nitrogens with zero attached hydrogens (tertiary/aromatic N) is 3. The fourth-order valence-electron chi connectivity index (χ4n) is 4.71. The van der Waals surface area contributed by atoms with Crippen molar-refractivity contribution < 1.29 is 22.7 Å². The van der Waals surface area contributed by atoms with Crippen LogP contribution in [0.25, 0.3) is 22.0 Å². The number of amides is 1. The Hall–Kier alpha value is -2.88. The maximum absolute atomic E-state index is 14.2. The van der Waals surface area contributed by atoms with Crippen molar-refractivity contribution in [1.29, 1.82) is 0 Å². The number of carbonyl (C=O) groups is 1. The second kappa shape index (κ2) is 8.41. The van der Waals surface area contributed by atoms with Gasteiger partial charge in [0.2, 0.25) is 10.0 Å². The van der Waals surface area contributed by atoms with Crippen LogP contribution in [-0.2, 0) is 15.4 Å². The average Bonchev–Trinajstić information content (AvgIpc) is 3.64. The zero-order chi connectivity index (χ0) is 24.1. The molecule has 2 aromatic carbocycles. The van der Waals surface area contributed by atoms with E-state index in [0.717, 1.165) is 30.2 Å². The Kier molecular flexibility index (Phi) is 5.66. The first-order valence-electron chi connectivity index (χ1n) is 11.3. The third-order valence-corrected chi connectivity index (χ3v) is 8.30. The summed E-state index contributed by atoms with van der Waals surface area (Å²) >= 11 is 0. The summed E-state index contributed by atoms with van der Waals surface area (Å²) < 4.78 is 39.3. The zero-order valence-corrected chi connectivity index (χ0v) is 19.7. The standard InChI is InChI=1S/C25H26FN3O4S/c1-34(32,33)29-12-10-28(11-13-29)24(31)21-15-27-22-7-6-19(26)14-20(22)23(21)17-2-4-18(5-3-17)25(16-30)8-9-25/h2-7,14-15,30H,8-13,16H2,1H3. The van der Waals surface area contributed by atoms with Gasteiger partial charge in [0, 0.05) is 48.7 Å². The van der Waals surface area contributed by atoms with Crippen molar-refractivity contribution in [3.8, 4) is 11.1 Å². The first-order chi connectivity index (χ1) is 16.2. The molecule has 0 bridgehead atoms. The summed E-state index contributed by atoms with van der Waals surface area (Å²) in [6.07, 6.45) is 4.56. The van der Waals surface area contributed by atoms with E-state index in [9.17, 15) is 22.7 Å². The van der Waals surface area contributed by atoms with Gasteiger partial charge < -0.3 is 10.0 Å². The molecule has 1 aromatic heterocycles. The van der Waals surface area contributed by atoms with E-state index >= 15 is 0 Å². The van der Waals surface area contributed by atoms with Gasteiger partial charge in [-0.25, -0.2) is 12.8 Å². The van der Waals surface area contributed by atoms with Crippen molar-refractivity contribution in [2.75, 3.05) is 39.0 Å². The van der Waals surface area contributed by atoms with Gasteiger partial charge in [0.05, 0.1) is 23.9 Å². The normalized spacial score (nSPS) is 18.3. The number of aromatic nitrogens is 1. The molecule has 0 atom stereocenters. The summed E-state index contributed by atoms with van der Waals surface area (Å²) in [7, 11) is -3.31. The molecule has 2 fully saturated rings. The quantitative estimate of drug-likeness (QED) is 0.603. The molecular formula is C25H26FN3O4S. The second-order valence-corrected chi connectivity index (χ2v) is 11.2. The monoisotopic (exact) mass is 483 g/mol. The van der Waals surface area contributed by atoms with Crippen molar-refractivity contribution in [2.24, 2.45) is 0 Å². The number of sulfonamides is 1. The molecule has 2 aliphatic rings. The fourth-order valence-corrected chi connectivity index (χ4v) is 5.54. The topological polar surface area (TPSA) is 90.8 Å². The number of pyridine rings is 1. The predicted octanol–water partition coefficient (Wildman–Crippen LogP) is 2.78. The molecule has 7 nitrogen and oxygen atoms in total. The number of piperazine rings is 1. The minimum absolute atomic E-state index is 0.0962. The SMILES string of the molecule is CS(=O)(=O)N1CCN(C(=O)c2cnc3ccc(F)cc3c2-c2ccc(C3(CO)CC3)cc2)CC1. The van der Waals surface area contributed by atoms with Crippen molar-refractivity contribution in [3.63, 3.8) is 0 Å². The van der Waals surface area contributed by atoms with Crippen LogP contribution in [0.15, 0.2) is 48.7 Å². The van der Waals surface area contributed by atoms with Crippen LogP contribution in [0.4, 0.5) is 4.39 Å². The zero-order valence-electron chi connectivity index (χ0n) is 18.9. The highest BCUT2D eigenvalue weighted by atomic mass is 32.2. The number of rotatable bonds is 5. The van der Waals surface area contributed by atoms with E-state index in [0.29, 0.717) is 22.0 Å². The Labute approximate surface area is 197 Å². The van der Waals surface area contributed by atoms with Crippen LogP contribution in [0.5, 0.6) is 0 Å². The summed E-state index contributed by atoms with van der Waals surface area (Å²) in [5.41, 5.74) is 3.15. The number of hydrogen-bond donors (Lipinski definition) is 1. The predicted molar refractivity (Wildman–Crippen MR) is 127 cm³/mol. The van der Waals surface area contributed by atoms with Crippen molar-refractivity contribution in [2.45, 2.75) is 18.3 Å². The van der Waals surface area contributed by atoms with Crippen LogP contribution < -0.4 is 0 Å². The number of halogens is 1. The molecule has 34 heavy (non-hydrogen) atoms. The first kappa shape index (κ1) is 22.9. The van der Waals surface area contributed by atoms with Crippen LogP contribution >= 0.6 is 0 Å². The van der Waals surface area contributed by atoms with Crippen LogP contribution in [0.1, 0.15) is 28.8 Å². The van der Waals surface area contributed by atoms with E-state index in [-0.39, 0.29) is 44.1 Å². The van der Waals surface area contributed by atoms with Gasteiger partial charge in [0.15, 0.2) is 0 Å². The van der Waals surface area contributed by atoms with Crippen molar-refractivity contribution in [1.82, 2.24) is 14.2 Å². The number of carbonyl (C=O) groups excluding carboxylic acids is 1. The Morgan fingerprint density at radius 3 is 2.35 bits per heavy atom. The number of aliphatic hydroxyl groups excluding tert-OH is 1. The number of benzene rings is 2. The molecule has 1 aliphatic carbocycles. The number of hydrogen-bond acceptors (Lipinski definition) is 5. The summed E-state index contributed by atoms with van der Waals surface area (Å²) in [5.74, 6) is -0.685. The number of aliphatic hydroxyl groups is 1. The maximum Gasteiger partial charge on any atom is 0.256 e. The largest absolute Gasteiger partial charge is 0.395 e. The highest BCUT2D eigenvalue weighted by Gasteiger charge is 2.43. The van der Waals surface area contributed by atoms with E-state index in [1.165, 1.54) is 22.6 Å². The lowest BCUT2D eigenvalue weighted by Gasteiger charge is -2.33. The molecule has 1 saturated carbocycles. The molecule has 1 aliphatic heterocycles. The molecule has 1 saturated heterocycles. The Morgan fingerprint density at radius 1 is 1.09 bits per heavy atom. The Balaban J connectivity index is 1.55. The molecular weight excluding hydrogens is 457 g/mol. The van der Waals surface area contributed by atoms with Crippen LogP contribution in [-0.4, -0.2) is 72.7 Å². The highest BCUT2D eigenvalue weighted by molar-refractivity contribution is 7.88. The average molecular weight is 484 g/mol. The Bertz CT molecular complexity index is 1360. The van der Waals surface area contributed by atoms with Gasteiger partial charge in [-0.1, -0.05) is 24.3 Å². The van der Waals surface area contributed by atoms with Gasteiger partial charge in [-0.2, -0.15) is 4.31 Å². The third kappa shape index (κ3) is 4.08. The molecule has 5 rings (SSSR count). The van der Waals surface area contributed by atoms with Crippen LogP contribution in [0, 0.1) is 5.82 Å². The van der Waals surface area contributed by atoms with Gasteiger partial charge in [-0.3, -0.25) is 9.78 Å². The molecule has 2 heterocycles. The summed E-state index contributed by atoms with van der Waals surface area (Å²) in [5, 5.41) is 10.3. The lowest BCUT2D eigenvalue weighted by molar-refractivity contribution is 0.0699. The smallest absolute Gasteiger partial charge is 0.256 e. The van der Waals surface area contributed by atoms with Crippen LogP contribution in [0.2, 0.25) is 0 Å². The maximum atomic E-state index is 14.2. The molecule has 9 heteroatoms. The minimum atomic E-state index is -3.31. The molecule has 178 valence electrons. The first-order valence-corrected chi connectivity index (χ1v) is 13.1. The summed E-state index contributed by atoms with van der Waals surface area (Å²) in [6.45, 7) is 1.09. The van der Waals surface area contributed by atoms with E-state index < -0.39 is 15.8 Å². The highest BCUT2D eigenvalue weighted by Crippen LogP contribution is 2.48. The minimum Gasteiger partial charge on any atom is -0.395 e. The molecule has 3 aromatic rings. The van der Waals surface area contributed by atoms with Gasteiger partial charge in [0.25, 0.3) is 5.91 Å². The lowest BCUT2D eigenvalue weighted by Crippen LogP contribution is -2.50. The van der Waals surface area contributed by atoms with Crippen LogP contribution in [0.3, 0.4) is 0 Å². The second-order valence-electron chi connectivity index (χ2n) is 9.18. The molecule has 0 spiro atoms. The van der Waals surface area contributed by atoms with E-state index in [4.69, 9.17) is 0 Å². The summed E-state index contributed by atoms with van der Waals surface area (Å²) in [4.78, 5) is 19.6. The van der Waals surface area contributed by atoms with E-state index in [2.05, 4.69) is 4.98 Å². The van der Waals surface area contributed by atoms with E-state index in [1.807, 2.05) is 24.3 Å². The Morgan fingerprint density at radius 2 is 1.76 bits per heavy atom. The molecule has 1 amide bonds. The van der Waals surface area contributed by atoms with Gasteiger partial charge in [0.1, 0.15) is 5.82 Å². The van der Waals surface area contributed by atoms with E-state index in [1.54, 1.807) is 11.0 Å². The van der Waals surface area contributed by atoms with Crippen molar-refractivity contribution >= 4 is 26.8 Å². The fraction of sp³-hybridized carbons (Fsp3) is 0.360. The van der Waals surface area contributed by atoms with Gasteiger partial charge in [-0.05, 0) is 42.2 Å². The third-order valence-electron chi connectivity index (χ3n) is 7.00. The number of fused-ring (bicyclic) bond motifs is 1. The summed E-state index contributed by atoms with van der Waals surface area (Å²) in [6, 6.07) is 12.1.